The van der Waals surface area contributed by atoms with E-state index in [-0.39, 0.29) is 30.5 Å². The molecule has 8 heteroatoms. The smallest absolute Gasteiger partial charge is 0.350 e. The van der Waals surface area contributed by atoms with E-state index in [9.17, 15) is 17.6 Å². The van der Waals surface area contributed by atoms with E-state index in [0.717, 1.165) is 17.7 Å². The number of hydrogen-bond acceptors (Lipinski definition) is 3. The predicted molar refractivity (Wildman–Crippen MR) is 110 cm³/mol. The number of morpholine rings is 1. The Morgan fingerprint density at radius 3 is 2.61 bits per heavy atom. The Bertz CT molecular complexity index is 911. The lowest BCUT2D eigenvalue weighted by atomic mass is 10.0. The minimum absolute atomic E-state index is 0.0793. The number of rotatable bonds is 6. The molecule has 0 spiro atoms. The molecule has 2 atom stereocenters. The van der Waals surface area contributed by atoms with Gasteiger partial charge >= 0.3 is 6.18 Å². The molecule has 0 saturated carbocycles. The van der Waals surface area contributed by atoms with E-state index in [1.165, 1.54) is 0 Å². The highest BCUT2D eigenvalue weighted by molar-refractivity contribution is 6.19. The zero-order chi connectivity index (χ0) is 22.3. The van der Waals surface area contributed by atoms with Crippen LogP contribution in [0.2, 0.25) is 0 Å². The summed E-state index contributed by atoms with van der Waals surface area (Å²) in [5.74, 6) is 5.17. The summed E-state index contributed by atoms with van der Waals surface area (Å²) < 4.78 is 64.2. The van der Waals surface area contributed by atoms with Crippen molar-refractivity contribution in [3.63, 3.8) is 0 Å². The van der Waals surface area contributed by atoms with E-state index < -0.39 is 23.8 Å². The Balaban J connectivity index is 1.71. The maximum Gasteiger partial charge on any atom is 0.416 e. The number of hydrogen-bond donors (Lipinski definition) is 0. The summed E-state index contributed by atoms with van der Waals surface area (Å²) in [6.07, 6.45) is -5.12. The van der Waals surface area contributed by atoms with Gasteiger partial charge in [-0.05, 0) is 35.7 Å². The summed E-state index contributed by atoms with van der Waals surface area (Å²) >= 11 is 5.64. The third-order valence-corrected chi connectivity index (χ3v) is 5.02. The summed E-state index contributed by atoms with van der Waals surface area (Å²) in [6.45, 7) is 1.63. The summed E-state index contributed by atoms with van der Waals surface area (Å²) in [4.78, 5) is 2.12. The van der Waals surface area contributed by atoms with Crippen LogP contribution in [-0.2, 0) is 22.1 Å². The van der Waals surface area contributed by atoms with Crippen molar-refractivity contribution in [2.75, 3.05) is 32.2 Å². The van der Waals surface area contributed by atoms with Crippen molar-refractivity contribution in [1.82, 2.24) is 4.90 Å². The molecule has 0 radical (unpaired) electrons. The van der Waals surface area contributed by atoms with Gasteiger partial charge in [0.25, 0.3) is 0 Å². The molecule has 0 aromatic heterocycles. The second-order valence-corrected chi connectivity index (χ2v) is 7.29. The first kappa shape index (κ1) is 23.6. The zero-order valence-electron chi connectivity index (χ0n) is 16.7. The minimum atomic E-state index is -4.60. The highest BCUT2D eigenvalue weighted by Crippen LogP contribution is 2.32. The molecule has 1 heterocycles. The molecule has 1 aliphatic rings. The average molecular weight is 456 g/mol. The lowest BCUT2D eigenvalue weighted by Gasteiger charge is -2.40. The molecule has 2 unspecified atom stereocenters. The van der Waals surface area contributed by atoms with Gasteiger partial charge in [0.05, 0.1) is 37.2 Å². The lowest BCUT2D eigenvalue weighted by molar-refractivity contribution is -0.208. The van der Waals surface area contributed by atoms with Gasteiger partial charge in [0.15, 0.2) is 6.29 Å². The molecular formula is C23H22ClF4NO2. The quantitative estimate of drug-likeness (QED) is 0.346. The Morgan fingerprint density at radius 1 is 1.13 bits per heavy atom. The first-order chi connectivity index (χ1) is 14.9. The molecule has 0 bridgehead atoms. The van der Waals surface area contributed by atoms with Crippen molar-refractivity contribution >= 4 is 11.6 Å². The van der Waals surface area contributed by atoms with Crippen molar-refractivity contribution in [3.8, 4) is 11.8 Å². The van der Waals surface area contributed by atoms with Crippen LogP contribution in [0.15, 0.2) is 48.5 Å². The summed E-state index contributed by atoms with van der Waals surface area (Å²) in [5.41, 5.74) is 0.178. The Hall–Kier alpha value is -2.11. The second kappa shape index (κ2) is 11.0. The van der Waals surface area contributed by atoms with E-state index >= 15 is 0 Å². The van der Waals surface area contributed by atoms with Gasteiger partial charge in [-0.3, -0.25) is 4.90 Å². The van der Waals surface area contributed by atoms with Crippen molar-refractivity contribution in [3.05, 3.63) is 71.0 Å². The second-order valence-electron chi connectivity index (χ2n) is 7.02. The van der Waals surface area contributed by atoms with Gasteiger partial charge in [0, 0.05) is 6.54 Å². The van der Waals surface area contributed by atoms with Crippen molar-refractivity contribution in [2.45, 2.75) is 24.9 Å². The minimum Gasteiger partial charge on any atom is -0.350 e. The standard InChI is InChI=1S/C23H22ClF4NO2/c24-9-4-5-10-29-11-13-31-22(21(29)18-6-2-1-3-7-18)30-12-8-17-14-19(23(26,27)28)16-20(25)15-17/h1-3,6-7,14-16,21-22H,8-13H2. The average Bonchev–Trinajstić information content (AvgIpc) is 2.74. The topological polar surface area (TPSA) is 21.7 Å². The summed E-state index contributed by atoms with van der Waals surface area (Å²) in [5, 5.41) is 0. The van der Waals surface area contributed by atoms with Crippen LogP contribution in [0, 0.1) is 17.7 Å². The molecule has 0 N–H and O–H groups in total. The molecule has 1 saturated heterocycles. The molecule has 31 heavy (non-hydrogen) atoms. The number of alkyl halides is 4. The molecule has 166 valence electrons. The highest BCUT2D eigenvalue weighted by atomic mass is 35.5. The van der Waals surface area contributed by atoms with Crippen LogP contribution < -0.4 is 0 Å². The fraction of sp³-hybridized carbons (Fsp3) is 0.391. The number of benzene rings is 2. The van der Waals surface area contributed by atoms with Crippen molar-refractivity contribution in [1.29, 1.82) is 0 Å². The molecule has 3 nitrogen and oxygen atoms in total. The maximum atomic E-state index is 13.6. The van der Waals surface area contributed by atoms with Gasteiger partial charge in [-0.25, -0.2) is 4.39 Å². The van der Waals surface area contributed by atoms with Gasteiger partial charge in [-0.15, -0.1) is 11.6 Å². The van der Waals surface area contributed by atoms with Crippen LogP contribution in [0.25, 0.3) is 0 Å². The molecule has 0 aliphatic carbocycles. The van der Waals surface area contributed by atoms with Gasteiger partial charge in [-0.1, -0.05) is 42.2 Å². The van der Waals surface area contributed by atoms with Crippen LogP contribution in [0.1, 0.15) is 22.7 Å². The first-order valence-corrected chi connectivity index (χ1v) is 10.3. The third-order valence-electron chi connectivity index (χ3n) is 4.88. The van der Waals surface area contributed by atoms with Crippen LogP contribution in [-0.4, -0.2) is 43.4 Å². The van der Waals surface area contributed by atoms with Gasteiger partial charge in [0.1, 0.15) is 5.82 Å². The summed E-state index contributed by atoms with van der Waals surface area (Å²) in [6, 6.07) is 11.9. The fourth-order valence-corrected chi connectivity index (χ4v) is 3.57. The van der Waals surface area contributed by atoms with Crippen LogP contribution in [0.4, 0.5) is 17.6 Å². The van der Waals surface area contributed by atoms with E-state index in [2.05, 4.69) is 16.7 Å². The van der Waals surface area contributed by atoms with Gasteiger partial charge < -0.3 is 9.47 Å². The predicted octanol–water partition coefficient (Wildman–Crippen LogP) is 5.05. The largest absolute Gasteiger partial charge is 0.416 e. The maximum absolute atomic E-state index is 13.6. The molecule has 2 aromatic rings. The zero-order valence-corrected chi connectivity index (χ0v) is 17.4. The van der Waals surface area contributed by atoms with E-state index in [1.54, 1.807) is 0 Å². The molecule has 2 aromatic carbocycles. The Labute approximate surface area is 183 Å². The van der Waals surface area contributed by atoms with Gasteiger partial charge in [0.2, 0.25) is 0 Å². The molecule has 3 rings (SSSR count). The Morgan fingerprint density at radius 2 is 1.90 bits per heavy atom. The first-order valence-electron chi connectivity index (χ1n) is 9.79. The van der Waals surface area contributed by atoms with Crippen LogP contribution >= 0.6 is 11.6 Å². The van der Waals surface area contributed by atoms with Crippen LogP contribution in [0.3, 0.4) is 0 Å². The number of halogens is 5. The number of nitrogens with zero attached hydrogens (tertiary/aromatic N) is 1. The van der Waals surface area contributed by atoms with Crippen LogP contribution in [0.5, 0.6) is 0 Å². The fourth-order valence-electron chi connectivity index (χ4n) is 3.48. The Kier molecular flexibility index (Phi) is 8.33. The summed E-state index contributed by atoms with van der Waals surface area (Å²) in [7, 11) is 0. The molecule has 0 amide bonds. The van der Waals surface area contributed by atoms with Crippen molar-refractivity contribution < 1.29 is 27.0 Å². The molecule has 1 aliphatic heterocycles. The third kappa shape index (κ3) is 6.68. The SMILES string of the molecule is Fc1cc(CCOC2OCCN(CC#CCCl)C2c2ccccc2)cc(C(F)(F)F)c1. The van der Waals surface area contributed by atoms with E-state index in [1.807, 2.05) is 30.3 Å². The highest BCUT2D eigenvalue weighted by Gasteiger charge is 2.34. The van der Waals surface area contributed by atoms with Gasteiger partial charge in [-0.2, -0.15) is 13.2 Å². The molecule has 1 fully saturated rings. The lowest BCUT2D eigenvalue weighted by Crippen LogP contribution is -2.46. The number of ether oxygens (including phenoxy) is 2. The molecular weight excluding hydrogens is 434 g/mol. The normalized spacial score (nSPS) is 19.6. The van der Waals surface area contributed by atoms with E-state index in [4.69, 9.17) is 21.1 Å². The van der Waals surface area contributed by atoms with E-state index in [0.29, 0.717) is 25.8 Å². The monoisotopic (exact) mass is 455 g/mol. The van der Waals surface area contributed by atoms with Crippen molar-refractivity contribution in [2.24, 2.45) is 0 Å².